The summed E-state index contributed by atoms with van der Waals surface area (Å²) < 4.78 is 62.5. The van der Waals surface area contributed by atoms with Gasteiger partial charge < -0.3 is 4.74 Å². The molecule has 1 saturated carbocycles. The van der Waals surface area contributed by atoms with Gasteiger partial charge in [-0.15, -0.1) is 0 Å². The topological polar surface area (TPSA) is 48.5 Å². The van der Waals surface area contributed by atoms with E-state index in [1.165, 1.54) is 0 Å². The van der Waals surface area contributed by atoms with Crippen LogP contribution in [0.15, 0.2) is 29.3 Å². The van der Waals surface area contributed by atoms with Crippen molar-refractivity contribution in [1.82, 2.24) is 9.36 Å². The second-order valence-corrected chi connectivity index (χ2v) is 8.30. The lowest BCUT2D eigenvalue weighted by atomic mass is 10.1. The Kier molecular flexibility index (Phi) is 5.12. The number of benzene rings is 1. The summed E-state index contributed by atoms with van der Waals surface area (Å²) in [6, 6.07) is 3.54. The highest BCUT2D eigenvalue weighted by atomic mass is 19.4. The van der Waals surface area contributed by atoms with Crippen LogP contribution in [0.2, 0.25) is 0 Å². The van der Waals surface area contributed by atoms with Crippen LogP contribution in [0.4, 0.5) is 17.6 Å². The lowest BCUT2D eigenvalue weighted by molar-refractivity contribution is -0.137. The molecule has 4 rings (SSSR count). The standard InChI is InChI=1S/C21H23F4N3O2/c1-20(7-8-20)17-11-18(28(27(17)2)12-14-4-3-9-30-14)26-19(29)15-10-13(21(23,24)25)5-6-16(15)22/h5-6,10-11,14H,3-4,7-9,12H2,1-2H3/b26-18+/t14-/m1/s1. The van der Waals surface area contributed by atoms with Crippen LogP contribution in [0, 0.1) is 5.82 Å². The second kappa shape index (κ2) is 7.37. The number of ether oxygens (including phenoxy) is 1. The highest BCUT2D eigenvalue weighted by Crippen LogP contribution is 2.47. The second-order valence-electron chi connectivity index (χ2n) is 8.30. The summed E-state index contributed by atoms with van der Waals surface area (Å²) in [6.07, 6.45) is -0.886. The third kappa shape index (κ3) is 3.95. The number of alkyl halides is 3. The van der Waals surface area contributed by atoms with Crippen molar-refractivity contribution in [3.8, 4) is 0 Å². The van der Waals surface area contributed by atoms with Gasteiger partial charge in [-0.3, -0.25) is 14.2 Å². The number of nitrogens with zero attached hydrogens (tertiary/aromatic N) is 3. The van der Waals surface area contributed by atoms with Crippen LogP contribution in [0.3, 0.4) is 0 Å². The molecule has 1 atom stereocenters. The van der Waals surface area contributed by atoms with Crippen LogP contribution in [-0.2, 0) is 29.9 Å². The predicted molar refractivity (Wildman–Crippen MR) is 100 cm³/mol. The van der Waals surface area contributed by atoms with Gasteiger partial charge in [0.1, 0.15) is 5.82 Å². The van der Waals surface area contributed by atoms with E-state index < -0.39 is 29.0 Å². The molecular formula is C21H23F4N3O2. The molecule has 0 N–H and O–H groups in total. The quantitative estimate of drug-likeness (QED) is 0.697. The Balaban J connectivity index is 1.76. The van der Waals surface area contributed by atoms with Crippen LogP contribution in [0.5, 0.6) is 0 Å². The summed E-state index contributed by atoms with van der Waals surface area (Å²) >= 11 is 0. The molecule has 0 radical (unpaired) electrons. The molecule has 5 nitrogen and oxygen atoms in total. The van der Waals surface area contributed by atoms with Gasteiger partial charge >= 0.3 is 6.18 Å². The van der Waals surface area contributed by atoms with Crippen LogP contribution < -0.4 is 5.49 Å². The van der Waals surface area contributed by atoms with E-state index in [2.05, 4.69) is 11.9 Å². The first-order chi connectivity index (χ1) is 14.1. The van der Waals surface area contributed by atoms with E-state index >= 15 is 0 Å². The SMILES string of the molecule is Cn1c(C2(C)CC2)c/c(=N\C(=O)c2cc(C(F)(F)F)ccc2F)n1C[C@H]1CCCO1. The first kappa shape index (κ1) is 20.8. The van der Waals surface area contributed by atoms with E-state index in [1.54, 1.807) is 10.7 Å². The van der Waals surface area contributed by atoms with Crippen molar-refractivity contribution >= 4 is 5.91 Å². The van der Waals surface area contributed by atoms with E-state index in [0.717, 1.165) is 31.4 Å². The lowest BCUT2D eigenvalue weighted by Gasteiger charge is -2.17. The Morgan fingerprint density at radius 3 is 2.63 bits per heavy atom. The molecule has 0 unspecified atom stereocenters. The van der Waals surface area contributed by atoms with Crippen LogP contribution in [0.25, 0.3) is 0 Å². The minimum atomic E-state index is -4.68. The van der Waals surface area contributed by atoms with E-state index in [0.29, 0.717) is 31.4 Å². The lowest BCUT2D eigenvalue weighted by Crippen LogP contribution is -2.30. The summed E-state index contributed by atoms with van der Waals surface area (Å²) in [6.45, 7) is 3.24. The molecule has 1 amide bonds. The van der Waals surface area contributed by atoms with Gasteiger partial charge in [-0.25, -0.2) is 4.39 Å². The van der Waals surface area contributed by atoms with Crippen molar-refractivity contribution in [2.75, 3.05) is 6.61 Å². The van der Waals surface area contributed by atoms with E-state index in [1.807, 2.05) is 11.7 Å². The Morgan fingerprint density at radius 2 is 2.03 bits per heavy atom. The van der Waals surface area contributed by atoms with Crippen molar-refractivity contribution < 1.29 is 27.1 Å². The van der Waals surface area contributed by atoms with Gasteiger partial charge in [0.2, 0.25) is 0 Å². The Hall–Kier alpha value is -2.42. The highest BCUT2D eigenvalue weighted by Gasteiger charge is 2.42. The number of rotatable bonds is 4. The van der Waals surface area contributed by atoms with E-state index in [-0.39, 0.29) is 17.0 Å². The van der Waals surface area contributed by atoms with Gasteiger partial charge in [0.25, 0.3) is 5.91 Å². The smallest absolute Gasteiger partial charge is 0.376 e. The summed E-state index contributed by atoms with van der Waals surface area (Å²) in [4.78, 5) is 16.7. The number of halogens is 4. The Labute approximate surface area is 171 Å². The van der Waals surface area contributed by atoms with Crippen LogP contribution >= 0.6 is 0 Å². The normalized spacial score (nSPS) is 21.3. The Bertz CT molecular complexity index is 1040. The molecule has 2 fully saturated rings. The van der Waals surface area contributed by atoms with E-state index in [9.17, 15) is 22.4 Å². The summed E-state index contributed by atoms with van der Waals surface area (Å²) in [7, 11) is 1.86. The zero-order valence-corrected chi connectivity index (χ0v) is 16.8. The molecule has 162 valence electrons. The van der Waals surface area contributed by atoms with Gasteiger partial charge in [0.05, 0.1) is 23.8 Å². The zero-order chi connectivity index (χ0) is 21.7. The predicted octanol–water partition coefficient (Wildman–Crippen LogP) is 3.96. The maximum atomic E-state index is 14.1. The number of hydrogen-bond donors (Lipinski definition) is 0. The molecule has 2 aromatic rings. The first-order valence-corrected chi connectivity index (χ1v) is 9.93. The van der Waals surface area contributed by atoms with Crippen molar-refractivity contribution in [3.63, 3.8) is 0 Å². The van der Waals surface area contributed by atoms with Gasteiger partial charge in [0.15, 0.2) is 5.49 Å². The van der Waals surface area contributed by atoms with Crippen LogP contribution in [-0.4, -0.2) is 28.0 Å². The molecule has 2 aliphatic rings. The van der Waals surface area contributed by atoms with Gasteiger partial charge in [0, 0.05) is 30.8 Å². The minimum absolute atomic E-state index is 0.0225. The third-order valence-electron chi connectivity index (χ3n) is 6.00. The fourth-order valence-corrected chi connectivity index (χ4v) is 3.90. The maximum Gasteiger partial charge on any atom is 0.416 e. The molecule has 0 bridgehead atoms. The van der Waals surface area contributed by atoms with Crippen molar-refractivity contribution in [3.05, 3.63) is 52.4 Å². The summed E-state index contributed by atoms with van der Waals surface area (Å²) in [5.74, 6) is -2.08. The summed E-state index contributed by atoms with van der Waals surface area (Å²) in [5, 5.41) is 0. The molecule has 1 aromatic carbocycles. The van der Waals surface area contributed by atoms with Gasteiger partial charge in [-0.1, -0.05) is 6.92 Å². The highest BCUT2D eigenvalue weighted by molar-refractivity contribution is 5.95. The minimum Gasteiger partial charge on any atom is -0.376 e. The molecule has 9 heteroatoms. The molecule has 1 aromatic heterocycles. The zero-order valence-electron chi connectivity index (χ0n) is 16.8. The maximum absolute atomic E-state index is 14.1. The molecule has 1 aliphatic carbocycles. The average Bonchev–Trinajstić information content (AvgIpc) is 3.09. The fourth-order valence-electron chi connectivity index (χ4n) is 3.90. The molecule has 30 heavy (non-hydrogen) atoms. The molecular weight excluding hydrogens is 402 g/mol. The van der Waals surface area contributed by atoms with Crippen LogP contribution in [0.1, 0.15) is 54.2 Å². The number of aromatic nitrogens is 2. The number of amides is 1. The van der Waals surface area contributed by atoms with Gasteiger partial charge in [-0.2, -0.15) is 18.2 Å². The van der Waals surface area contributed by atoms with Crippen molar-refractivity contribution in [1.29, 1.82) is 0 Å². The van der Waals surface area contributed by atoms with Crippen molar-refractivity contribution in [2.45, 2.75) is 56.8 Å². The van der Waals surface area contributed by atoms with Gasteiger partial charge in [-0.05, 0) is 43.9 Å². The fraction of sp³-hybridized carbons (Fsp3) is 0.524. The molecule has 0 spiro atoms. The largest absolute Gasteiger partial charge is 0.416 e. The van der Waals surface area contributed by atoms with E-state index in [4.69, 9.17) is 4.74 Å². The summed E-state index contributed by atoms with van der Waals surface area (Å²) in [5.41, 5.74) is -0.536. The molecule has 1 saturated heterocycles. The van der Waals surface area contributed by atoms with Crippen molar-refractivity contribution in [2.24, 2.45) is 12.0 Å². The monoisotopic (exact) mass is 425 g/mol. The first-order valence-electron chi connectivity index (χ1n) is 9.93. The number of carbonyl (C=O) groups is 1. The third-order valence-corrected chi connectivity index (χ3v) is 6.00. The number of hydrogen-bond acceptors (Lipinski definition) is 2. The molecule has 1 aliphatic heterocycles. The molecule has 2 heterocycles. The Morgan fingerprint density at radius 1 is 1.30 bits per heavy atom. The number of carbonyl (C=O) groups excluding carboxylic acids is 1. The average molecular weight is 425 g/mol.